The number of aromatic nitrogens is 1. The van der Waals surface area contributed by atoms with E-state index in [1.165, 1.54) is 4.90 Å². The smallest absolute Gasteiger partial charge is 0.101 e. The lowest BCUT2D eigenvalue weighted by Crippen LogP contribution is -2.00. The molecule has 0 fully saturated rings. The molecule has 1 heterocycles. The van der Waals surface area contributed by atoms with Gasteiger partial charge >= 0.3 is 0 Å². The first kappa shape index (κ1) is 13.1. The summed E-state index contributed by atoms with van der Waals surface area (Å²) in [5.74, 6) is 0. The monoisotopic (exact) mass is 259 g/mol. The predicted molar refractivity (Wildman–Crippen MR) is 74.8 cm³/mol. The molecule has 94 valence electrons. The summed E-state index contributed by atoms with van der Waals surface area (Å²) < 4.78 is 0. The lowest BCUT2D eigenvalue weighted by atomic mass is 10.1. The highest BCUT2D eigenvalue weighted by Gasteiger charge is 2.10. The predicted octanol–water partition coefficient (Wildman–Crippen LogP) is 3.98. The topological polar surface area (TPSA) is 33.1 Å². The van der Waals surface area contributed by atoms with Crippen LogP contribution in [0.25, 0.3) is 0 Å². The first-order valence-electron chi connectivity index (χ1n) is 6.09. The molecule has 1 aromatic carbocycles. The van der Waals surface area contributed by atoms with E-state index in [1.54, 1.807) is 11.8 Å². The van der Waals surface area contributed by atoms with Crippen LogP contribution in [0.1, 0.15) is 30.7 Å². The van der Waals surface area contributed by atoms with Crippen LogP contribution in [0.2, 0.25) is 0 Å². The van der Waals surface area contributed by atoms with Gasteiger partial charge in [-0.3, -0.25) is 0 Å². The molecule has 0 amide bonds. The molecule has 0 spiro atoms. The van der Waals surface area contributed by atoms with Gasteiger partial charge in [-0.1, -0.05) is 43.0 Å². The SMILES string of the molecule is CC[C@@H](O)c1ccc(Sc2ccccc2)nc1C. The lowest BCUT2D eigenvalue weighted by Gasteiger charge is -2.11. The van der Waals surface area contributed by atoms with Gasteiger partial charge in [0, 0.05) is 16.2 Å². The molecule has 2 nitrogen and oxygen atoms in total. The van der Waals surface area contributed by atoms with E-state index in [4.69, 9.17) is 0 Å². The second-order valence-corrected chi connectivity index (χ2v) is 5.26. The number of hydrogen-bond donors (Lipinski definition) is 1. The van der Waals surface area contributed by atoms with Gasteiger partial charge in [-0.15, -0.1) is 0 Å². The van der Waals surface area contributed by atoms with E-state index in [1.807, 2.05) is 44.2 Å². The third kappa shape index (κ3) is 3.12. The summed E-state index contributed by atoms with van der Waals surface area (Å²) in [6.07, 6.45) is 0.307. The van der Waals surface area contributed by atoms with Crippen LogP contribution in [0.4, 0.5) is 0 Å². The second kappa shape index (κ2) is 6.03. The molecule has 0 unspecified atom stereocenters. The van der Waals surface area contributed by atoms with Crippen LogP contribution in [0, 0.1) is 6.92 Å². The van der Waals surface area contributed by atoms with Gasteiger partial charge in [0.25, 0.3) is 0 Å². The first-order chi connectivity index (χ1) is 8.70. The van der Waals surface area contributed by atoms with Crippen LogP contribution >= 0.6 is 11.8 Å². The second-order valence-electron chi connectivity index (χ2n) is 4.16. The Morgan fingerprint density at radius 2 is 1.89 bits per heavy atom. The van der Waals surface area contributed by atoms with E-state index in [0.717, 1.165) is 16.3 Å². The molecule has 0 aliphatic carbocycles. The van der Waals surface area contributed by atoms with Crippen molar-refractivity contribution in [2.24, 2.45) is 0 Å². The third-order valence-corrected chi connectivity index (χ3v) is 3.76. The van der Waals surface area contributed by atoms with Crippen molar-refractivity contribution in [1.29, 1.82) is 0 Å². The summed E-state index contributed by atoms with van der Waals surface area (Å²) in [6.45, 7) is 3.92. The van der Waals surface area contributed by atoms with Crippen molar-refractivity contribution in [3.8, 4) is 0 Å². The van der Waals surface area contributed by atoms with Gasteiger partial charge in [-0.05, 0) is 31.5 Å². The van der Waals surface area contributed by atoms with E-state index in [-0.39, 0.29) is 0 Å². The molecule has 2 aromatic rings. The van der Waals surface area contributed by atoms with Gasteiger partial charge in [0.05, 0.1) is 6.10 Å². The van der Waals surface area contributed by atoms with Gasteiger partial charge < -0.3 is 5.11 Å². The Morgan fingerprint density at radius 3 is 2.50 bits per heavy atom. The maximum absolute atomic E-state index is 9.84. The molecule has 0 saturated carbocycles. The fraction of sp³-hybridized carbons (Fsp3) is 0.267. The third-order valence-electron chi connectivity index (χ3n) is 2.81. The zero-order chi connectivity index (χ0) is 13.0. The summed E-state index contributed by atoms with van der Waals surface area (Å²) in [7, 11) is 0. The minimum atomic E-state index is -0.409. The number of rotatable bonds is 4. The highest BCUT2D eigenvalue weighted by atomic mass is 32.2. The van der Waals surface area contributed by atoms with Crippen LogP contribution in [0.3, 0.4) is 0 Å². The van der Waals surface area contributed by atoms with Crippen LogP contribution in [-0.2, 0) is 0 Å². The molecule has 18 heavy (non-hydrogen) atoms. The van der Waals surface area contributed by atoms with Gasteiger partial charge in [-0.25, -0.2) is 4.98 Å². The molecule has 1 N–H and O–H groups in total. The molecule has 0 saturated heterocycles. The van der Waals surface area contributed by atoms with Gasteiger partial charge in [0.2, 0.25) is 0 Å². The van der Waals surface area contributed by atoms with E-state index < -0.39 is 6.10 Å². The number of nitrogens with zero attached hydrogens (tertiary/aromatic N) is 1. The zero-order valence-corrected chi connectivity index (χ0v) is 11.4. The molecule has 0 aliphatic heterocycles. The molecular formula is C15H17NOS. The van der Waals surface area contributed by atoms with Crippen LogP contribution in [-0.4, -0.2) is 10.1 Å². The molecule has 0 aliphatic rings. The van der Waals surface area contributed by atoms with Crippen molar-refractivity contribution in [3.63, 3.8) is 0 Å². The Morgan fingerprint density at radius 1 is 1.17 bits per heavy atom. The van der Waals surface area contributed by atoms with Crippen molar-refractivity contribution in [1.82, 2.24) is 4.98 Å². The Balaban J connectivity index is 2.19. The van der Waals surface area contributed by atoms with Crippen LogP contribution in [0.15, 0.2) is 52.4 Å². The number of pyridine rings is 1. The van der Waals surface area contributed by atoms with Crippen molar-refractivity contribution < 1.29 is 5.11 Å². The average Bonchev–Trinajstić information content (AvgIpc) is 2.39. The Kier molecular flexibility index (Phi) is 4.39. The number of hydrogen-bond acceptors (Lipinski definition) is 3. The minimum absolute atomic E-state index is 0.409. The fourth-order valence-corrected chi connectivity index (χ4v) is 2.64. The molecule has 0 bridgehead atoms. The Hall–Kier alpha value is -1.32. The zero-order valence-electron chi connectivity index (χ0n) is 10.6. The number of benzene rings is 1. The summed E-state index contributed by atoms with van der Waals surface area (Å²) in [5.41, 5.74) is 1.83. The highest BCUT2D eigenvalue weighted by molar-refractivity contribution is 7.99. The van der Waals surface area contributed by atoms with Crippen LogP contribution < -0.4 is 0 Å². The quantitative estimate of drug-likeness (QED) is 0.901. The van der Waals surface area contributed by atoms with Gasteiger partial charge in [0.15, 0.2) is 0 Å². The van der Waals surface area contributed by atoms with Crippen molar-refractivity contribution >= 4 is 11.8 Å². The van der Waals surface area contributed by atoms with Gasteiger partial charge in [0.1, 0.15) is 5.03 Å². The average molecular weight is 259 g/mol. The van der Waals surface area contributed by atoms with E-state index in [2.05, 4.69) is 17.1 Å². The largest absolute Gasteiger partial charge is 0.388 e. The number of aliphatic hydroxyl groups is 1. The molecule has 1 atom stereocenters. The molecule has 0 radical (unpaired) electrons. The van der Waals surface area contributed by atoms with Crippen molar-refractivity contribution in [2.45, 2.75) is 36.3 Å². The van der Waals surface area contributed by atoms with Crippen LogP contribution in [0.5, 0.6) is 0 Å². The standard InChI is InChI=1S/C15H17NOS/c1-3-14(17)13-9-10-15(16-11(13)2)18-12-7-5-4-6-8-12/h4-10,14,17H,3H2,1-2H3/t14-/m1/s1. The summed E-state index contributed by atoms with van der Waals surface area (Å²) in [6, 6.07) is 14.1. The molecule has 3 heteroatoms. The summed E-state index contributed by atoms with van der Waals surface area (Å²) in [4.78, 5) is 5.71. The minimum Gasteiger partial charge on any atom is -0.388 e. The number of aliphatic hydroxyl groups excluding tert-OH is 1. The molecular weight excluding hydrogens is 242 g/mol. The lowest BCUT2D eigenvalue weighted by molar-refractivity contribution is 0.172. The first-order valence-corrected chi connectivity index (χ1v) is 6.91. The van der Waals surface area contributed by atoms with Crippen molar-refractivity contribution in [3.05, 3.63) is 53.7 Å². The van der Waals surface area contributed by atoms with E-state index in [9.17, 15) is 5.11 Å². The Bertz CT molecular complexity index is 513. The van der Waals surface area contributed by atoms with E-state index >= 15 is 0 Å². The van der Waals surface area contributed by atoms with Gasteiger partial charge in [-0.2, -0.15) is 0 Å². The summed E-state index contributed by atoms with van der Waals surface area (Å²) in [5, 5.41) is 10.8. The summed E-state index contributed by atoms with van der Waals surface area (Å²) >= 11 is 1.64. The number of aryl methyl sites for hydroxylation is 1. The fourth-order valence-electron chi connectivity index (χ4n) is 1.79. The van der Waals surface area contributed by atoms with Crippen molar-refractivity contribution in [2.75, 3.05) is 0 Å². The molecule has 2 rings (SSSR count). The molecule has 1 aromatic heterocycles. The van der Waals surface area contributed by atoms with E-state index in [0.29, 0.717) is 6.42 Å². The maximum atomic E-state index is 9.84. The maximum Gasteiger partial charge on any atom is 0.101 e. The Labute approximate surface area is 112 Å². The normalized spacial score (nSPS) is 12.4. The highest BCUT2D eigenvalue weighted by Crippen LogP contribution is 2.28.